The zero-order chi connectivity index (χ0) is 22.9. The van der Waals surface area contributed by atoms with E-state index in [-0.39, 0.29) is 5.69 Å². The molecule has 1 saturated heterocycles. The topological polar surface area (TPSA) is 110 Å². The molecule has 3 aromatic rings. The summed E-state index contributed by atoms with van der Waals surface area (Å²) in [6.45, 7) is 6.63. The van der Waals surface area contributed by atoms with Crippen LogP contribution in [0, 0.1) is 24.0 Å². The third-order valence-electron chi connectivity index (χ3n) is 5.48. The van der Waals surface area contributed by atoms with E-state index in [4.69, 9.17) is 4.42 Å². The lowest BCUT2D eigenvalue weighted by molar-refractivity contribution is -0.384. The van der Waals surface area contributed by atoms with E-state index in [2.05, 4.69) is 9.88 Å². The fourth-order valence-corrected chi connectivity index (χ4v) is 6.73. The molecule has 0 radical (unpaired) electrons. The fraction of sp³-hybridized carbons (Fsp3) is 0.381. The lowest BCUT2D eigenvalue weighted by atomic mass is 10.2. The van der Waals surface area contributed by atoms with Crippen molar-refractivity contribution in [3.63, 3.8) is 0 Å². The summed E-state index contributed by atoms with van der Waals surface area (Å²) in [5.41, 5.74) is 0.608. The maximum atomic E-state index is 13.0. The number of nitro groups is 1. The molecule has 0 saturated carbocycles. The number of thiophene rings is 1. The minimum atomic E-state index is -3.46. The molecule has 1 aliphatic rings. The highest BCUT2D eigenvalue weighted by Crippen LogP contribution is 2.28. The zero-order valence-electron chi connectivity index (χ0n) is 17.9. The van der Waals surface area contributed by atoms with E-state index in [9.17, 15) is 18.5 Å². The van der Waals surface area contributed by atoms with Gasteiger partial charge in [-0.05, 0) is 19.9 Å². The van der Waals surface area contributed by atoms with E-state index < -0.39 is 14.9 Å². The number of nitrogens with zero attached hydrogens (tertiary/aromatic N) is 4. The van der Waals surface area contributed by atoms with Gasteiger partial charge in [0, 0.05) is 66.6 Å². The third-order valence-corrected chi connectivity index (χ3v) is 8.60. The normalized spacial score (nSPS) is 15.8. The molecule has 3 heterocycles. The molecular weight excluding hydrogens is 452 g/mol. The molecule has 0 bridgehead atoms. The minimum Gasteiger partial charge on any atom is -0.441 e. The first-order chi connectivity index (χ1) is 15.2. The highest BCUT2D eigenvalue weighted by Gasteiger charge is 2.30. The van der Waals surface area contributed by atoms with Crippen molar-refractivity contribution in [2.45, 2.75) is 25.2 Å². The van der Waals surface area contributed by atoms with Crippen LogP contribution in [0.3, 0.4) is 0 Å². The predicted octanol–water partition coefficient (Wildman–Crippen LogP) is 3.48. The summed E-state index contributed by atoms with van der Waals surface area (Å²) < 4.78 is 33.3. The van der Waals surface area contributed by atoms with Crippen LogP contribution in [-0.2, 0) is 16.4 Å². The summed E-state index contributed by atoms with van der Waals surface area (Å²) >= 11 is 1.50. The Bertz CT molecular complexity index is 1230. The average molecular weight is 477 g/mol. The molecule has 9 nitrogen and oxygen atoms in total. The summed E-state index contributed by atoms with van der Waals surface area (Å²) in [6, 6.07) is 8.00. The zero-order valence-corrected chi connectivity index (χ0v) is 19.5. The number of benzene rings is 1. The number of piperazine rings is 1. The number of hydrogen-bond donors (Lipinski definition) is 0. The minimum absolute atomic E-state index is 0.000999. The summed E-state index contributed by atoms with van der Waals surface area (Å²) in [5.74, 6) is 1.03. The fourth-order valence-electron chi connectivity index (χ4n) is 3.78. The Morgan fingerprint density at radius 1 is 1.19 bits per heavy atom. The second-order valence-corrected chi connectivity index (χ2v) is 11.1. The number of nitro benzene ring substituents is 1. The molecule has 0 aliphatic carbocycles. The van der Waals surface area contributed by atoms with E-state index in [1.807, 2.05) is 13.8 Å². The Hall–Kier alpha value is -2.60. The van der Waals surface area contributed by atoms with Crippen LogP contribution in [0.15, 0.2) is 45.8 Å². The van der Waals surface area contributed by atoms with Crippen LogP contribution in [0.2, 0.25) is 0 Å². The van der Waals surface area contributed by atoms with Gasteiger partial charge in [-0.3, -0.25) is 10.1 Å². The Labute approximate surface area is 190 Å². The molecule has 1 aromatic carbocycles. The van der Waals surface area contributed by atoms with Crippen molar-refractivity contribution >= 4 is 27.0 Å². The number of aromatic nitrogens is 1. The summed E-state index contributed by atoms with van der Waals surface area (Å²) in [4.78, 5) is 19.2. The van der Waals surface area contributed by atoms with Gasteiger partial charge in [-0.2, -0.15) is 4.31 Å². The Morgan fingerprint density at radius 2 is 1.94 bits per heavy atom. The molecule has 170 valence electrons. The number of hydrogen-bond acceptors (Lipinski definition) is 8. The van der Waals surface area contributed by atoms with Crippen LogP contribution in [-0.4, -0.2) is 60.3 Å². The number of sulfonamides is 1. The first kappa shape index (κ1) is 22.6. The number of oxazole rings is 1. The van der Waals surface area contributed by atoms with Crippen molar-refractivity contribution < 1.29 is 17.8 Å². The molecule has 0 atom stereocenters. The maximum Gasteiger partial charge on any atom is 0.270 e. The van der Waals surface area contributed by atoms with Crippen molar-refractivity contribution in [2.24, 2.45) is 0 Å². The number of aryl methyl sites for hydroxylation is 2. The molecule has 0 spiro atoms. The summed E-state index contributed by atoms with van der Waals surface area (Å²) in [5, 5.41) is 11.0. The van der Waals surface area contributed by atoms with E-state index in [1.54, 1.807) is 28.7 Å². The molecule has 1 aliphatic heterocycles. The second kappa shape index (κ2) is 9.10. The Morgan fingerprint density at radius 3 is 2.59 bits per heavy atom. The maximum absolute atomic E-state index is 13.0. The number of rotatable bonds is 7. The standard InChI is InChI=1S/C21H24N4O5S2/c1-15-12-20(16(2)31-15)32(28,29)24-10-8-23(9-11-24)7-6-21-22-14-19(30-21)17-4-3-5-18(13-17)25(26)27/h3-5,12-14H,6-11H2,1-2H3. The van der Waals surface area contributed by atoms with E-state index in [0.29, 0.717) is 61.3 Å². The highest BCUT2D eigenvalue weighted by molar-refractivity contribution is 7.89. The van der Waals surface area contributed by atoms with Gasteiger partial charge < -0.3 is 9.32 Å². The van der Waals surface area contributed by atoms with Crippen molar-refractivity contribution in [1.82, 2.24) is 14.2 Å². The second-order valence-electron chi connectivity index (χ2n) is 7.70. The van der Waals surface area contributed by atoms with Gasteiger partial charge >= 0.3 is 0 Å². The van der Waals surface area contributed by atoms with Crippen LogP contribution in [0.1, 0.15) is 15.6 Å². The van der Waals surface area contributed by atoms with Crippen LogP contribution >= 0.6 is 11.3 Å². The van der Waals surface area contributed by atoms with Gasteiger partial charge in [-0.25, -0.2) is 13.4 Å². The molecule has 1 fully saturated rings. The largest absolute Gasteiger partial charge is 0.441 e. The molecule has 2 aromatic heterocycles. The molecule has 0 unspecified atom stereocenters. The van der Waals surface area contributed by atoms with Gasteiger partial charge in [0.25, 0.3) is 5.69 Å². The molecular formula is C21H24N4O5S2. The van der Waals surface area contributed by atoms with Gasteiger partial charge in [-0.15, -0.1) is 11.3 Å². The third kappa shape index (κ3) is 4.75. The summed E-state index contributed by atoms with van der Waals surface area (Å²) in [7, 11) is -3.46. The molecule has 11 heteroatoms. The van der Waals surface area contributed by atoms with Gasteiger partial charge in [0.15, 0.2) is 11.7 Å². The average Bonchev–Trinajstić information content (AvgIpc) is 3.39. The lowest BCUT2D eigenvalue weighted by Crippen LogP contribution is -2.49. The van der Waals surface area contributed by atoms with E-state index in [1.165, 1.54) is 23.5 Å². The van der Waals surface area contributed by atoms with Crippen LogP contribution in [0.4, 0.5) is 5.69 Å². The van der Waals surface area contributed by atoms with Gasteiger partial charge in [0.1, 0.15) is 0 Å². The van der Waals surface area contributed by atoms with E-state index >= 15 is 0 Å². The van der Waals surface area contributed by atoms with Crippen molar-refractivity contribution in [3.8, 4) is 11.3 Å². The van der Waals surface area contributed by atoms with Crippen LogP contribution in [0.25, 0.3) is 11.3 Å². The molecule has 4 rings (SSSR count). The SMILES string of the molecule is Cc1cc(S(=O)(=O)N2CCN(CCc3ncc(-c4cccc([N+](=O)[O-])c4)o3)CC2)c(C)s1. The molecule has 0 N–H and O–H groups in total. The quantitative estimate of drug-likeness (QED) is 0.379. The molecule has 0 amide bonds. The molecule has 32 heavy (non-hydrogen) atoms. The van der Waals surface area contributed by atoms with Crippen molar-refractivity contribution in [2.75, 3.05) is 32.7 Å². The van der Waals surface area contributed by atoms with E-state index in [0.717, 1.165) is 9.75 Å². The first-order valence-electron chi connectivity index (χ1n) is 10.2. The summed E-state index contributed by atoms with van der Waals surface area (Å²) in [6.07, 6.45) is 2.15. The lowest BCUT2D eigenvalue weighted by Gasteiger charge is -2.33. The van der Waals surface area contributed by atoms with Crippen LogP contribution in [0.5, 0.6) is 0 Å². The highest BCUT2D eigenvalue weighted by atomic mass is 32.2. The van der Waals surface area contributed by atoms with Crippen molar-refractivity contribution in [1.29, 1.82) is 0 Å². The van der Waals surface area contributed by atoms with Gasteiger partial charge in [0.05, 0.1) is 16.0 Å². The van der Waals surface area contributed by atoms with Crippen molar-refractivity contribution in [3.05, 3.63) is 62.3 Å². The first-order valence-corrected chi connectivity index (χ1v) is 12.5. The van der Waals surface area contributed by atoms with Gasteiger partial charge in [0.2, 0.25) is 10.0 Å². The Kier molecular flexibility index (Phi) is 6.42. The number of non-ortho nitro benzene ring substituents is 1. The van der Waals surface area contributed by atoms with Crippen LogP contribution < -0.4 is 0 Å². The van der Waals surface area contributed by atoms with Gasteiger partial charge in [-0.1, -0.05) is 12.1 Å². The smallest absolute Gasteiger partial charge is 0.270 e. The predicted molar refractivity (Wildman–Crippen MR) is 121 cm³/mol. The monoisotopic (exact) mass is 476 g/mol. The Balaban J connectivity index is 1.33.